The summed E-state index contributed by atoms with van der Waals surface area (Å²) in [5.74, 6) is 0.00276. The molecule has 1 N–H and O–H groups in total. The highest BCUT2D eigenvalue weighted by Gasteiger charge is 2.37. The number of oxazole rings is 1. The first kappa shape index (κ1) is 14.9. The van der Waals surface area contributed by atoms with Crippen molar-refractivity contribution in [2.45, 2.75) is 19.4 Å². The Kier molecular flexibility index (Phi) is 3.18. The predicted molar refractivity (Wildman–Crippen MR) is 91.6 cm³/mol. The first-order chi connectivity index (χ1) is 12.7. The highest BCUT2D eigenvalue weighted by atomic mass is 16.3. The molecule has 0 spiro atoms. The van der Waals surface area contributed by atoms with Crippen LogP contribution in [0.3, 0.4) is 0 Å². The van der Waals surface area contributed by atoms with Crippen LogP contribution in [0.1, 0.15) is 39.2 Å². The van der Waals surface area contributed by atoms with Crippen molar-refractivity contribution in [3.8, 4) is 0 Å². The molecule has 1 atom stereocenters. The zero-order valence-corrected chi connectivity index (χ0v) is 14.1. The van der Waals surface area contributed by atoms with Crippen LogP contribution in [0.5, 0.6) is 0 Å². The second kappa shape index (κ2) is 5.55. The average molecular weight is 348 g/mol. The molecule has 5 rings (SSSR count). The third-order valence-electron chi connectivity index (χ3n) is 4.75. The molecule has 1 amide bonds. The minimum absolute atomic E-state index is 0.214. The summed E-state index contributed by atoms with van der Waals surface area (Å²) in [5.41, 5.74) is 4.77. The van der Waals surface area contributed by atoms with Crippen molar-refractivity contribution in [2.24, 2.45) is 0 Å². The number of nitrogens with one attached hydrogen (secondary N) is 1. The van der Waals surface area contributed by atoms with E-state index in [2.05, 4.69) is 21.0 Å². The van der Waals surface area contributed by atoms with Crippen LogP contribution in [0.4, 0.5) is 0 Å². The average Bonchev–Trinajstić information content (AvgIpc) is 3.38. The van der Waals surface area contributed by atoms with Crippen molar-refractivity contribution in [3.63, 3.8) is 0 Å². The van der Waals surface area contributed by atoms with Crippen molar-refractivity contribution < 1.29 is 9.21 Å². The summed E-state index contributed by atoms with van der Waals surface area (Å²) >= 11 is 0. The SMILES string of the molecule is Cc1ccn2nc([C@H]3c4nc[nH]c4CCN3C(=O)c3cnco3)cc2c1. The largest absolute Gasteiger partial charge is 0.438 e. The van der Waals surface area contributed by atoms with E-state index in [1.54, 1.807) is 11.2 Å². The summed E-state index contributed by atoms with van der Waals surface area (Å²) in [5, 5.41) is 4.69. The number of hydrogen-bond acceptors (Lipinski definition) is 5. The number of carbonyl (C=O) groups excluding carboxylic acids is 1. The molecule has 0 bridgehead atoms. The number of H-pyrrole nitrogens is 1. The van der Waals surface area contributed by atoms with E-state index in [1.807, 2.05) is 29.8 Å². The molecule has 0 saturated carbocycles. The Bertz CT molecular complexity index is 1090. The molecule has 0 aliphatic carbocycles. The molecule has 4 aromatic rings. The smallest absolute Gasteiger partial charge is 0.292 e. The molecule has 130 valence electrons. The summed E-state index contributed by atoms with van der Waals surface area (Å²) in [6.45, 7) is 2.59. The van der Waals surface area contributed by atoms with Crippen LogP contribution in [-0.2, 0) is 6.42 Å². The number of aromatic amines is 1. The molecule has 5 heterocycles. The van der Waals surface area contributed by atoms with Crippen molar-refractivity contribution in [1.82, 2.24) is 29.5 Å². The fourth-order valence-electron chi connectivity index (χ4n) is 3.52. The van der Waals surface area contributed by atoms with Crippen LogP contribution in [-0.4, -0.2) is 41.9 Å². The standard InChI is InChI=1S/C18H16N6O2/c1-11-2-5-24-12(6-11)7-14(22-24)17-16-13(20-9-21-16)3-4-23(17)18(25)15-8-19-10-26-15/h2,5-10,17H,3-4H2,1H3,(H,20,21)/t17-/m0/s1. The number of amides is 1. The third-order valence-corrected chi connectivity index (χ3v) is 4.75. The van der Waals surface area contributed by atoms with E-state index in [4.69, 9.17) is 9.52 Å². The zero-order valence-electron chi connectivity index (χ0n) is 14.1. The van der Waals surface area contributed by atoms with Crippen molar-refractivity contribution in [2.75, 3.05) is 6.54 Å². The Balaban J connectivity index is 1.64. The van der Waals surface area contributed by atoms with Gasteiger partial charge >= 0.3 is 0 Å². The van der Waals surface area contributed by atoms with Gasteiger partial charge in [0.25, 0.3) is 5.91 Å². The van der Waals surface area contributed by atoms with Gasteiger partial charge in [-0.2, -0.15) is 5.10 Å². The molecule has 4 aromatic heterocycles. The van der Waals surface area contributed by atoms with Crippen molar-refractivity contribution in [1.29, 1.82) is 0 Å². The summed E-state index contributed by atoms with van der Waals surface area (Å²) in [6.07, 6.45) is 7.00. The molecular formula is C18H16N6O2. The van der Waals surface area contributed by atoms with Gasteiger partial charge < -0.3 is 14.3 Å². The molecule has 8 nitrogen and oxygen atoms in total. The number of hydrogen-bond donors (Lipinski definition) is 1. The monoisotopic (exact) mass is 348 g/mol. The fourth-order valence-corrected chi connectivity index (χ4v) is 3.52. The lowest BCUT2D eigenvalue weighted by Gasteiger charge is -2.33. The topological polar surface area (TPSA) is 92.3 Å². The summed E-state index contributed by atoms with van der Waals surface area (Å²) in [6, 6.07) is 5.69. The molecule has 0 saturated heterocycles. The van der Waals surface area contributed by atoms with E-state index >= 15 is 0 Å². The molecular weight excluding hydrogens is 332 g/mol. The van der Waals surface area contributed by atoms with E-state index in [-0.39, 0.29) is 17.7 Å². The number of carbonyl (C=O) groups is 1. The number of rotatable bonds is 2. The lowest BCUT2D eigenvalue weighted by molar-refractivity contribution is 0.0654. The molecule has 0 unspecified atom stereocenters. The summed E-state index contributed by atoms with van der Waals surface area (Å²) < 4.78 is 7.04. The van der Waals surface area contributed by atoms with Crippen LogP contribution in [0, 0.1) is 6.92 Å². The van der Waals surface area contributed by atoms with E-state index in [9.17, 15) is 4.79 Å². The number of nitrogens with zero attached hydrogens (tertiary/aromatic N) is 5. The second-order valence-electron chi connectivity index (χ2n) is 6.43. The van der Waals surface area contributed by atoms with Gasteiger partial charge in [-0.05, 0) is 30.7 Å². The zero-order chi connectivity index (χ0) is 17.7. The quantitative estimate of drug-likeness (QED) is 0.599. The Hall–Kier alpha value is -3.42. The maximum atomic E-state index is 13.0. The van der Waals surface area contributed by atoms with Gasteiger partial charge in [-0.15, -0.1) is 0 Å². The predicted octanol–water partition coefficient (Wildman–Crippen LogP) is 2.14. The fraction of sp³-hybridized carbons (Fsp3) is 0.222. The lowest BCUT2D eigenvalue weighted by Crippen LogP contribution is -2.40. The number of fused-ring (bicyclic) bond motifs is 2. The molecule has 26 heavy (non-hydrogen) atoms. The van der Waals surface area contributed by atoms with Crippen molar-refractivity contribution in [3.05, 3.63) is 71.7 Å². The molecule has 0 aromatic carbocycles. The molecule has 1 aliphatic heterocycles. The highest BCUT2D eigenvalue weighted by Crippen LogP contribution is 2.34. The highest BCUT2D eigenvalue weighted by molar-refractivity contribution is 5.91. The Morgan fingerprint density at radius 2 is 2.31 bits per heavy atom. The van der Waals surface area contributed by atoms with Gasteiger partial charge in [-0.3, -0.25) is 4.79 Å². The van der Waals surface area contributed by atoms with E-state index < -0.39 is 0 Å². The number of imidazole rings is 1. The van der Waals surface area contributed by atoms with E-state index in [0.29, 0.717) is 13.0 Å². The van der Waals surface area contributed by atoms with Gasteiger partial charge in [0.1, 0.15) is 6.04 Å². The first-order valence-corrected chi connectivity index (χ1v) is 8.38. The molecule has 8 heteroatoms. The van der Waals surface area contributed by atoms with E-state index in [1.165, 1.54) is 12.6 Å². The van der Waals surface area contributed by atoms with Crippen LogP contribution in [0.25, 0.3) is 5.52 Å². The maximum absolute atomic E-state index is 13.0. The van der Waals surface area contributed by atoms with Gasteiger partial charge in [-0.25, -0.2) is 14.5 Å². The molecule has 0 fully saturated rings. The Morgan fingerprint density at radius 1 is 1.38 bits per heavy atom. The Labute approximate surface area is 148 Å². The van der Waals surface area contributed by atoms with Crippen LogP contribution < -0.4 is 0 Å². The molecule has 0 radical (unpaired) electrons. The van der Waals surface area contributed by atoms with Gasteiger partial charge in [0.2, 0.25) is 5.76 Å². The van der Waals surface area contributed by atoms with Gasteiger partial charge in [-0.1, -0.05) is 0 Å². The normalized spacial score (nSPS) is 16.8. The summed E-state index contributed by atoms with van der Waals surface area (Å²) in [7, 11) is 0. The van der Waals surface area contributed by atoms with E-state index in [0.717, 1.165) is 28.2 Å². The number of pyridine rings is 1. The first-order valence-electron chi connectivity index (χ1n) is 8.38. The lowest BCUT2D eigenvalue weighted by atomic mass is 9.99. The van der Waals surface area contributed by atoms with Crippen LogP contribution in [0.2, 0.25) is 0 Å². The number of aryl methyl sites for hydroxylation is 1. The minimum Gasteiger partial charge on any atom is -0.438 e. The third kappa shape index (κ3) is 2.22. The van der Waals surface area contributed by atoms with Gasteiger partial charge in [0.05, 0.1) is 29.4 Å². The second-order valence-corrected chi connectivity index (χ2v) is 6.43. The minimum atomic E-state index is -0.372. The maximum Gasteiger partial charge on any atom is 0.292 e. The number of aromatic nitrogens is 5. The van der Waals surface area contributed by atoms with Gasteiger partial charge in [0, 0.05) is 24.9 Å². The van der Waals surface area contributed by atoms with Crippen molar-refractivity contribution >= 4 is 11.4 Å². The van der Waals surface area contributed by atoms with Crippen LogP contribution >= 0.6 is 0 Å². The Morgan fingerprint density at radius 3 is 3.15 bits per heavy atom. The van der Waals surface area contributed by atoms with Gasteiger partial charge in [0.15, 0.2) is 6.39 Å². The molecule has 1 aliphatic rings. The summed E-state index contributed by atoms with van der Waals surface area (Å²) in [4.78, 5) is 26.2. The van der Waals surface area contributed by atoms with Crippen LogP contribution in [0.15, 0.2) is 47.7 Å².